The van der Waals surface area contributed by atoms with Crippen molar-refractivity contribution in [2.45, 2.75) is 32.2 Å². The number of methoxy groups -OCH3 is 1. The number of carbonyl (C=O) groups excluding carboxylic acids is 1. The van der Waals surface area contributed by atoms with Gasteiger partial charge in [0.1, 0.15) is 5.75 Å². The number of rotatable bonds is 6. The predicted octanol–water partition coefficient (Wildman–Crippen LogP) is 2.13. The zero-order valence-electron chi connectivity index (χ0n) is 13.3. The first-order chi connectivity index (χ1) is 10.5. The second-order valence-electron chi connectivity index (χ2n) is 5.12. The topological polar surface area (TPSA) is 103 Å². The molecule has 1 amide bonds. The third-order valence-corrected chi connectivity index (χ3v) is 3.36. The van der Waals surface area contributed by atoms with Gasteiger partial charge in [-0.25, -0.2) is 0 Å². The first-order valence-corrected chi connectivity index (χ1v) is 7.02. The fourth-order valence-electron chi connectivity index (χ4n) is 1.84. The van der Waals surface area contributed by atoms with Crippen molar-refractivity contribution in [3.63, 3.8) is 0 Å². The van der Waals surface area contributed by atoms with Gasteiger partial charge in [0.05, 0.1) is 25.1 Å². The fraction of sp³-hybridized carbons (Fsp3) is 0.400. The quantitative estimate of drug-likeness (QED) is 0.835. The number of amides is 1. The van der Waals surface area contributed by atoms with Gasteiger partial charge < -0.3 is 20.3 Å². The van der Waals surface area contributed by atoms with Gasteiger partial charge >= 0.3 is 0 Å². The van der Waals surface area contributed by atoms with Gasteiger partial charge in [-0.15, -0.1) is 12.4 Å². The van der Waals surface area contributed by atoms with Crippen LogP contribution in [0.4, 0.5) is 5.69 Å². The van der Waals surface area contributed by atoms with E-state index in [0.717, 1.165) is 0 Å². The molecule has 8 heteroatoms. The van der Waals surface area contributed by atoms with E-state index in [4.69, 9.17) is 15.0 Å². The highest BCUT2D eigenvalue weighted by Crippen LogP contribution is 2.23. The number of ether oxygens (including phenoxy) is 1. The average Bonchev–Trinajstić information content (AvgIpc) is 2.95. The summed E-state index contributed by atoms with van der Waals surface area (Å²) in [4.78, 5) is 16.3. The zero-order chi connectivity index (χ0) is 16.1. The predicted molar refractivity (Wildman–Crippen MR) is 88.9 cm³/mol. The second kappa shape index (κ2) is 8.50. The Morgan fingerprint density at radius 3 is 2.74 bits per heavy atom. The number of nitrogens with one attached hydrogen (secondary N) is 1. The van der Waals surface area contributed by atoms with E-state index in [1.165, 1.54) is 0 Å². The number of para-hydroxylation sites is 2. The Labute approximate surface area is 141 Å². The molecule has 0 spiro atoms. The molecule has 1 aromatic carbocycles. The third-order valence-electron chi connectivity index (χ3n) is 3.36. The van der Waals surface area contributed by atoms with Crippen LogP contribution in [0.1, 0.15) is 31.5 Å². The Morgan fingerprint density at radius 1 is 1.39 bits per heavy atom. The monoisotopic (exact) mass is 340 g/mol. The van der Waals surface area contributed by atoms with Gasteiger partial charge in [-0.3, -0.25) is 4.79 Å². The number of hydrogen-bond donors (Lipinski definition) is 2. The molecule has 0 saturated heterocycles. The Morgan fingerprint density at radius 2 is 2.09 bits per heavy atom. The molecule has 0 radical (unpaired) electrons. The molecule has 0 bridgehead atoms. The van der Waals surface area contributed by atoms with E-state index in [-0.39, 0.29) is 36.7 Å². The van der Waals surface area contributed by atoms with Crippen molar-refractivity contribution in [3.05, 3.63) is 36.0 Å². The van der Waals surface area contributed by atoms with Gasteiger partial charge in [0.2, 0.25) is 11.8 Å². The summed E-state index contributed by atoms with van der Waals surface area (Å²) in [6.45, 7) is 3.76. The Bertz CT molecular complexity index is 645. The van der Waals surface area contributed by atoms with Crippen LogP contribution in [0.3, 0.4) is 0 Å². The van der Waals surface area contributed by atoms with E-state index in [1.807, 2.05) is 26.0 Å². The highest BCUT2D eigenvalue weighted by Gasteiger charge is 2.19. The number of nitrogens with zero attached hydrogens (tertiary/aromatic N) is 2. The molecule has 2 aromatic rings. The van der Waals surface area contributed by atoms with E-state index >= 15 is 0 Å². The van der Waals surface area contributed by atoms with Crippen LogP contribution < -0.4 is 15.8 Å². The molecule has 2 unspecified atom stereocenters. The van der Waals surface area contributed by atoms with Crippen LogP contribution >= 0.6 is 12.4 Å². The van der Waals surface area contributed by atoms with Gasteiger partial charge in [-0.05, 0) is 19.1 Å². The number of nitrogens with two attached hydrogens (primary N) is 1. The van der Waals surface area contributed by atoms with E-state index in [0.29, 0.717) is 23.2 Å². The second-order valence-corrected chi connectivity index (χ2v) is 5.12. The molecule has 1 aromatic heterocycles. The lowest BCUT2D eigenvalue weighted by Gasteiger charge is -2.09. The molecular weight excluding hydrogens is 320 g/mol. The van der Waals surface area contributed by atoms with Crippen LogP contribution in [0, 0.1) is 0 Å². The largest absolute Gasteiger partial charge is 0.495 e. The lowest BCUT2D eigenvalue weighted by atomic mass is 10.1. The molecule has 23 heavy (non-hydrogen) atoms. The number of benzene rings is 1. The summed E-state index contributed by atoms with van der Waals surface area (Å²) >= 11 is 0. The zero-order valence-corrected chi connectivity index (χ0v) is 14.1. The molecule has 0 fully saturated rings. The maximum absolute atomic E-state index is 12.0. The van der Waals surface area contributed by atoms with Gasteiger partial charge in [-0.2, -0.15) is 4.98 Å². The van der Waals surface area contributed by atoms with E-state index in [9.17, 15) is 4.79 Å². The van der Waals surface area contributed by atoms with Crippen molar-refractivity contribution in [3.8, 4) is 5.75 Å². The summed E-state index contributed by atoms with van der Waals surface area (Å²) in [5.41, 5.74) is 6.39. The summed E-state index contributed by atoms with van der Waals surface area (Å²) in [5.74, 6) is 1.06. The van der Waals surface area contributed by atoms with Crippen molar-refractivity contribution < 1.29 is 14.1 Å². The summed E-state index contributed by atoms with van der Waals surface area (Å²) in [5, 5.41) is 6.57. The third kappa shape index (κ3) is 4.94. The number of aromatic nitrogens is 2. The van der Waals surface area contributed by atoms with Crippen molar-refractivity contribution in [2.75, 3.05) is 12.4 Å². The number of hydrogen-bond acceptors (Lipinski definition) is 6. The smallest absolute Gasteiger partial charge is 0.232 e. The molecule has 1 heterocycles. The van der Waals surface area contributed by atoms with Crippen LogP contribution in [0.2, 0.25) is 0 Å². The first kappa shape index (κ1) is 18.9. The molecule has 3 N–H and O–H groups in total. The van der Waals surface area contributed by atoms with Crippen LogP contribution in [0.25, 0.3) is 0 Å². The highest BCUT2D eigenvalue weighted by atomic mass is 35.5. The maximum atomic E-state index is 12.0. The van der Waals surface area contributed by atoms with Crippen molar-refractivity contribution in [1.82, 2.24) is 10.1 Å². The van der Waals surface area contributed by atoms with Crippen LogP contribution in [0.15, 0.2) is 28.8 Å². The maximum Gasteiger partial charge on any atom is 0.232 e. The van der Waals surface area contributed by atoms with Gasteiger partial charge in [0.25, 0.3) is 0 Å². The van der Waals surface area contributed by atoms with Crippen molar-refractivity contribution in [1.29, 1.82) is 0 Å². The van der Waals surface area contributed by atoms with Crippen molar-refractivity contribution in [2.24, 2.45) is 5.73 Å². The summed E-state index contributed by atoms with van der Waals surface area (Å²) < 4.78 is 10.3. The molecule has 2 atom stereocenters. The van der Waals surface area contributed by atoms with E-state index in [2.05, 4.69) is 15.5 Å². The summed E-state index contributed by atoms with van der Waals surface area (Å²) in [6.07, 6.45) is 0.0211. The van der Waals surface area contributed by atoms with E-state index < -0.39 is 0 Å². The molecule has 2 rings (SSSR count). The van der Waals surface area contributed by atoms with Crippen LogP contribution in [0.5, 0.6) is 5.75 Å². The Kier molecular flexibility index (Phi) is 6.99. The van der Waals surface area contributed by atoms with E-state index in [1.54, 1.807) is 19.2 Å². The molecule has 0 aliphatic heterocycles. The number of carbonyl (C=O) groups is 1. The minimum Gasteiger partial charge on any atom is -0.495 e. The summed E-state index contributed by atoms with van der Waals surface area (Å²) in [6, 6.07) is 7.07. The first-order valence-electron chi connectivity index (χ1n) is 7.02. The SMILES string of the molecule is COc1ccccc1NC(=O)Cc1noc(C(C)C(C)N)n1.Cl. The summed E-state index contributed by atoms with van der Waals surface area (Å²) in [7, 11) is 1.55. The van der Waals surface area contributed by atoms with Crippen LogP contribution in [-0.2, 0) is 11.2 Å². The fourth-order valence-corrected chi connectivity index (χ4v) is 1.84. The van der Waals surface area contributed by atoms with Gasteiger partial charge in [0.15, 0.2) is 5.82 Å². The normalized spacial score (nSPS) is 12.9. The number of anilines is 1. The average molecular weight is 341 g/mol. The lowest BCUT2D eigenvalue weighted by Crippen LogP contribution is -2.22. The van der Waals surface area contributed by atoms with Gasteiger partial charge in [-0.1, -0.05) is 24.2 Å². The van der Waals surface area contributed by atoms with Gasteiger partial charge in [0, 0.05) is 6.04 Å². The number of halogens is 1. The lowest BCUT2D eigenvalue weighted by molar-refractivity contribution is -0.115. The Hall–Kier alpha value is -2.12. The molecule has 0 aliphatic carbocycles. The molecule has 0 saturated carbocycles. The molecule has 126 valence electrons. The minimum atomic E-state index is -0.245. The van der Waals surface area contributed by atoms with Crippen molar-refractivity contribution >= 4 is 24.0 Å². The molecule has 7 nitrogen and oxygen atoms in total. The standard InChI is InChI=1S/C15H20N4O3.ClH/c1-9(10(2)16)15-18-13(19-22-15)8-14(20)17-11-6-4-5-7-12(11)21-3;/h4-7,9-10H,8,16H2,1-3H3,(H,17,20);1H. The highest BCUT2D eigenvalue weighted by molar-refractivity contribution is 5.93. The molecule has 0 aliphatic rings. The van der Waals surface area contributed by atoms with Crippen LogP contribution in [-0.4, -0.2) is 29.2 Å². The molecular formula is C15H21ClN4O3. The minimum absolute atomic E-state index is 0. The Balaban J connectivity index is 0.00000264.